The highest BCUT2D eigenvalue weighted by Gasteiger charge is 2.23. The number of carbonyl (C=O) groups is 1. The van der Waals surface area contributed by atoms with Crippen LogP contribution in [-0.2, 0) is 6.54 Å². The van der Waals surface area contributed by atoms with E-state index in [0.717, 1.165) is 32.5 Å². The van der Waals surface area contributed by atoms with Gasteiger partial charge in [-0.15, -0.1) is 0 Å². The largest absolute Gasteiger partial charge is 0.348 e. The first-order valence-corrected chi connectivity index (χ1v) is 9.56. The van der Waals surface area contributed by atoms with Crippen LogP contribution in [0.3, 0.4) is 0 Å². The number of nitrogens with one attached hydrogen (secondary N) is 1. The Morgan fingerprint density at radius 2 is 1.63 bits per heavy atom. The molecule has 0 aliphatic carbocycles. The van der Waals surface area contributed by atoms with Gasteiger partial charge in [0.1, 0.15) is 0 Å². The molecule has 6 heteroatoms. The lowest BCUT2D eigenvalue weighted by molar-refractivity contribution is 0.0904. The standard InChI is InChI=1S/C21H21ClN4O/c22-20-19(24-17-8-4-5-9-18(17)25-20)21(27)23-16-10-12-26(13-11-16)14-15-6-2-1-3-7-15/h1-9,16H,10-14H2,(H,23,27). The Hall–Kier alpha value is -2.50. The van der Waals surface area contributed by atoms with Crippen LogP contribution >= 0.6 is 11.6 Å². The number of hydrogen-bond donors (Lipinski definition) is 1. The Morgan fingerprint density at radius 3 is 2.33 bits per heavy atom. The van der Waals surface area contributed by atoms with Gasteiger partial charge in [0, 0.05) is 25.7 Å². The number of amides is 1. The Kier molecular flexibility index (Phi) is 5.32. The lowest BCUT2D eigenvalue weighted by atomic mass is 10.0. The summed E-state index contributed by atoms with van der Waals surface area (Å²) >= 11 is 6.19. The van der Waals surface area contributed by atoms with Gasteiger partial charge in [-0.25, -0.2) is 9.97 Å². The number of benzene rings is 2. The molecule has 0 bridgehead atoms. The second-order valence-corrected chi connectivity index (χ2v) is 7.22. The zero-order valence-corrected chi connectivity index (χ0v) is 15.7. The fraction of sp³-hybridized carbons (Fsp3) is 0.286. The summed E-state index contributed by atoms with van der Waals surface area (Å²) in [6.07, 6.45) is 1.83. The molecule has 2 aromatic carbocycles. The van der Waals surface area contributed by atoms with Crippen LogP contribution in [0.4, 0.5) is 0 Å². The van der Waals surface area contributed by atoms with Gasteiger partial charge < -0.3 is 5.32 Å². The van der Waals surface area contributed by atoms with Crippen molar-refractivity contribution >= 4 is 28.5 Å². The molecule has 1 saturated heterocycles. The Bertz CT molecular complexity index is 939. The summed E-state index contributed by atoms with van der Waals surface area (Å²) in [5, 5.41) is 3.22. The van der Waals surface area contributed by atoms with Crippen LogP contribution < -0.4 is 5.32 Å². The van der Waals surface area contributed by atoms with Crippen molar-refractivity contribution in [3.8, 4) is 0 Å². The summed E-state index contributed by atoms with van der Waals surface area (Å²) in [6.45, 7) is 2.86. The highest BCUT2D eigenvalue weighted by atomic mass is 35.5. The normalized spacial score (nSPS) is 15.7. The van der Waals surface area contributed by atoms with Crippen LogP contribution in [0.1, 0.15) is 28.9 Å². The first kappa shape index (κ1) is 17.9. The Balaban J connectivity index is 1.36. The smallest absolute Gasteiger partial charge is 0.273 e. The maximum atomic E-state index is 12.6. The number of carbonyl (C=O) groups excluding carboxylic acids is 1. The van der Waals surface area contributed by atoms with Gasteiger partial charge in [-0.2, -0.15) is 0 Å². The van der Waals surface area contributed by atoms with E-state index in [0.29, 0.717) is 11.0 Å². The van der Waals surface area contributed by atoms with E-state index >= 15 is 0 Å². The number of piperidine rings is 1. The molecular weight excluding hydrogens is 360 g/mol. The summed E-state index contributed by atoms with van der Waals surface area (Å²) in [4.78, 5) is 23.7. The van der Waals surface area contributed by atoms with E-state index in [4.69, 9.17) is 11.6 Å². The van der Waals surface area contributed by atoms with E-state index < -0.39 is 0 Å². The Morgan fingerprint density at radius 1 is 1.00 bits per heavy atom. The molecule has 0 radical (unpaired) electrons. The molecule has 0 spiro atoms. The molecule has 0 saturated carbocycles. The van der Waals surface area contributed by atoms with Crippen LogP contribution in [0.25, 0.3) is 11.0 Å². The topological polar surface area (TPSA) is 58.1 Å². The van der Waals surface area contributed by atoms with Gasteiger partial charge in [0.15, 0.2) is 10.8 Å². The SMILES string of the molecule is O=C(NC1CCN(Cc2ccccc2)CC1)c1nc2ccccc2nc1Cl. The monoisotopic (exact) mass is 380 g/mol. The van der Waals surface area contributed by atoms with Crippen molar-refractivity contribution in [1.29, 1.82) is 0 Å². The summed E-state index contributed by atoms with van der Waals surface area (Å²) in [7, 11) is 0. The molecule has 0 unspecified atom stereocenters. The number of hydrogen-bond acceptors (Lipinski definition) is 4. The molecule has 1 amide bonds. The molecule has 1 fully saturated rings. The molecule has 27 heavy (non-hydrogen) atoms. The molecule has 1 N–H and O–H groups in total. The highest BCUT2D eigenvalue weighted by Crippen LogP contribution is 2.18. The van der Waals surface area contributed by atoms with Crippen molar-refractivity contribution in [3.05, 3.63) is 71.0 Å². The lowest BCUT2D eigenvalue weighted by Crippen LogP contribution is -2.44. The van der Waals surface area contributed by atoms with E-state index in [1.54, 1.807) is 0 Å². The number of likely N-dealkylation sites (tertiary alicyclic amines) is 1. The predicted molar refractivity (Wildman–Crippen MR) is 107 cm³/mol. The number of nitrogens with zero attached hydrogens (tertiary/aromatic N) is 3. The minimum Gasteiger partial charge on any atom is -0.348 e. The van der Waals surface area contributed by atoms with Crippen molar-refractivity contribution in [1.82, 2.24) is 20.2 Å². The average Bonchev–Trinajstić information content (AvgIpc) is 2.69. The maximum Gasteiger partial charge on any atom is 0.273 e. The molecule has 1 aromatic heterocycles. The third-order valence-corrected chi connectivity index (χ3v) is 5.18. The van der Waals surface area contributed by atoms with Gasteiger partial charge in [0.05, 0.1) is 11.0 Å². The maximum absolute atomic E-state index is 12.6. The second-order valence-electron chi connectivity index (χ2n) is 6.86. The van der Waals surface area contributed by atoms with Crippen LogP contribution in [0.15, 0.2) is 54.6 Å². The van der Waals surface area contributed by atoms with E-state index in [1.807, 2.05) is 30.3 Å². The minimum atomic E-state index is -0.250. The molecule has 0 atom stereocenters. The van der Waals surface area contributed by atoms with Crippen LogP contribution in [0.5, 0.6) is 0 Å². The second kappa shape index (κ2) is 8.03. The van der Waals surface area contributed by atoms with Crippen molar-refractivity contribution in [3.63, 3.8) is 0 Å². The van der Waals surface area contributed by atoms with E-state index in [1.165, 1.54) is 5.56 Å². The summed E-state index contributed by atoms with van der Waals surface area (Å²) in [5.74, 6) is -0.250. The average molecular weight is 381 g/mol. The third kappa shape index (κ3) is 4.26. The lowest BCUT2D eigenvalue weighted by Gasteiger charge is -2.32. The fourth-order valence-corrected chi connectivity index (χ4v) is 3.67. The van der Waals surface area contributed by atoms with Crippen molar-refractivity contribution in [2.45, 2.75) is 25.4 Å². The number of rotatable bonds is 4. The van der Waals surface area contributed by atoms with Gasteiger partial charge >= 0.3 is 0 Å². The summed E-state index contributed by atoms with van der Waals surface area (Å²) in [5.41, 5.74) is 2.87. The summed E-state index contributed by atoms with van der Waals surface area (Å²) in [6, 6.07) is 18.0. The highest BCUT2D eigenvalue weighted by molar-refractivity contribution is 6.32. The molecule has 138 valence electrons. The molecule has 2 heterocycles. The van der Waals surface area contributed by atoms with Gasteiger partial charge in [0.25, 0.3) is 5.91 Å². The van der Waals surface area contributed by atoms with Gasteiger partial charge in [-0.1, -0.05) is 54.1 Å². The van der Waals surface area contributed by atoms with E-state index in [9.17, 15) is 4.79 Å². The zero-order chi connectivity index (χ0) is 18.6. The third-order valence-electron chi connectivity index (χ3n) is 4.91. The van der Waals surface area contributed by atoms with E-state index in [2.05, 4.69) is 44.5 Å². The van der Waals surface area contributed by atoms with Crippen molar-refractivity contribution in [2.24, 2.45) is 0 Å². The molecular formula is C21H21ClN4O. The van der Waals surface area contributed by atoms with Crippen LogP contribution in [-0.4, -0.2) is 39.9 Å². The van der Waals surface area contributed by atoms with Crippen LogP contribution in [0, 0.1) is 0 Å². The quantitative estimate of drug-likeness (QED) is 0.750. The molecule has 1 aliphatic heterocycles. The molecule has 4 rings (SSSR count). The minimum absolute atomic E-state index is 0.133. The first-order valence-electron chi connectivity index (χ1n) is 9.18. The van der Waals surface area contributed by atoms with E-state index in [-0.39, 0.29) is 22.8 Å². The first-order chi connectivity index (χ1) is 13.2. The predicted octanol–water partition coefficient (Wildman–Crippen LogP) is 3.68. The van der Waals surface area contributed by atoms with Crippen molar-refractivity contribution < 1.29 is 4.79 Å². The van der Waals surface area contributed by atoms with Gasteiger partial charge in [-0.3, -0.25) is 9.69 Å². The molecule has 1 aliphatic rings. The number of para-hydroxylation sites is 2. The molecule has 3 aromatic rings. The fourth-order valence-electron chi connectivity index (χ4n) is 3.45. The number of aromatic nitrogens is 2. The Labute approximate surface area is 163 Å². The van der Waals surface area contributed by atoms with Crippen LogP contribution in [0.2, 0.25) is 5.15 Å². The van der Waals surface area contributed by atoms with Gasteiger partial charge in [0.2, 0.25) is 0 Å². The van der Waals surface area contributed by atoms with Gasteiger partial charge in [-0.05, 0) is 30.5 Å². The number of fused-ring (bicyclic) bond motifs is 1. The number of halogens is 1. The zero-order valence-electron chi connectivity index (χ0n) is 14.9. The summed E-state index contributed by atoms with van der Waals surface area (Å²) < 4.78 is 0. The van der Waals surface area contributed by atoms with Crippen molar-refractivity contribution in [2.75, 3.05) is 13.1 Å². The molecule has 5 nitrogen and oxygen atoms in total.